The Morgan fingerprint density at radius 3 is 1.95 bits per heavy atom. The Bertz CT molecular complexity index is 1600. The molecule has 0 fully saturated rings. The first-order valence-electron chi connectivity index (χ1n) is 12.2. The predicted molar refractivity (Wildman–Crippen MR) is 154 cm³/mol. The molecule has 3 nitrogen and oxygen atoms in total. The van der Waals surface area contributed by atoms with Crippen molar-refractivity contribution in [3.05, 3.63) is 150 Å². The molecule has 0 unspecified atom stereocenters. The van der Waals surface area contributed by atoms with Gasteiger partial charge in [0.2, 0.25) is 0 Å². The van der Waals surface area contributed by atoms with Crippen LogP contribution in [-0.4, -0.2) is 16.3 Å². The number of para-hydroxylation sites is 1. The molecule has 5 aromatic carbocycles. The Morgan fingerprint density at radius 1 is 0.676 bits per heavy atom. The van der Waals surface area contributed by atoms with Gasteiger partial charge < -0.3 is 5.11 Å². The second kappa shape index (κ2) is 10.2. The molecule has 6 rings (SSSR count). The van der Waals surface area contributed by atoms with Crippen molar-refractivity contribution in [2.24, 2.45) is 4.99 Å². The summed E-state index contributed by atoms with van der Waals surface area (Å²) < 4.78 is 1.10. The monoisotopic (exact) mass is 496 g/mol. The van der Waals surface area contributed by atoms with Crippen LogP contribution in [0.2, 0.25) is 0 Å². The Labute approximate surface area is 220 Å². The third kappa shape index (κ3) is 4.92. The molecule has 0 bridgehead atoms. The highest BCUT2D eigenvalue weighted by Crippen LogP contribution is 2.37. The van der Waals surface area contributed by atoms with E-state index in [0.29, 0.717) is 5.69 Å². The number of fused-ring (bicyclic) bond motifs is 1. The van der Waals surface area contributed by atoms with Crippen LogP contribution >= 0.6 is 11.3 Å². The number of aliphatic imine (C=N–C) groups is 1. The lowest BCUT2D eigenvalue weighted by Gasteiger charge is -2.19. The van der Waals surface area contributed by atoms with Gasteiger partial charge in [-0.05, 0) is 46.5 Å². The smallest absolute Gasteiger partial charge is 0.128 e. The molecular formula is C33H24N2OS. The number of thiazole rings is 1. The fourth-order valence-corrected chi connectivity index (χ4v) is 5.56. The van der Waals surface area contributed by atoms with Gasteiger partial charge in [0, 0.05) is 18.2 Å². The molecular weight excluding hydrogens is 472 g/mol. The van der Waals surface area contributed by atoms with E-state index in [1.165, 1.54) is 16.7 Å². The summed E-state index contributed by atoms with van der Waals surface area (Å²) in [5.74, 6) is 0.345. The first-order valence-corrected chi connectivity index (χ1v) is 13.0. The molecule has 0 aliphatic rings. The standard InChI is InChI=1S/C33H24N2OS/c36-30-21-27(19-20-28(30)33-35-29-13-7-8-14-31(29)37-33)34-22-23-15-17-26(18-16-23)32(24-9-3-1-4-10-24)25-11-5-2-6-12-25/h1-22,32,36H. The average Bonchev–Trinajstić information content (AvgIpc) is 3.38. The number of phenols is 1. The lowest BCUT2D eigenvalue weighted by atomic mass is 9.85. The van der Waals surface area contributed by atoms with Crippen LogP contribution in [0.3, 0.4) is 0 Å². The van der Waals surface area contributed by atoms with E-state index < -0.39 is 0 Å². The highest BCUT2D eigenvalue weighted by molar-refractivity contribution is 7.21. The summed E-state index contributed by atoms with van der Waals surface area (Å²) in [7, 11) is 0. The molecule has 1 N–H and O–H groups in total. The van der Waals surface area contributed by atoms with Crippen molar-refractivity contribution in [1.29, 1.82) is 0 Å². The molecule has 0 saturated carbocycles. The number of nitrogens with zero attached hydrogens (tertiary/aromatic N) is 2. The molecule has 37 heavy (non-hydrogen) atoms. The van der Waals surface area contributed by atoms with E-state index in [9.17, 15) is 5.11 Å². The van der Waals surface area contributed by atoms with E-state index in [0.717, 1.165) is 26.4 Å². The number of benzene rings is 5. The number of rotatable bonds is 6. The van der Waals surface area contributed by atoms with Gasteiger partial charge in [-0.2, -0.15) is 0 Å². The molecule has 0 saturated heterocycles. The lowest BCUT2D eigenvalue weighted by molar-refractivity contribution is 0.477. The van der Waals surface area contributed by atoms with E-state index in [4.69, 9.17) is 0 Å². The third-order valence-corrected chi connectivity index (χ3v) is 7.47. The Hall–Kier alpha value is -4.54. The summed E-state index contributed by atoms with van der Waals surface area (Å²) in [6, 6.07) is 43.1. The van der Waals surface area contributed by atoms with Gasteiger partial charge in [-0.1, -0.05) is 97.1 Å². The highest BCUT2D eigenvalue weighted by atomic mass is 32.1. The molecule has 1 heterocycles. The van der Waals surface area contributed by atoms with Crippen LogP contribution in [0.4, 0.5) is 5.69 Å². The maximum absolute atomic E-state index is 10.7. The normalized spacial score (nSPS) is 11.5. The number of aromatic nitrogens is 1. The zero-order chi connectivity index (χ0) is 25.0. The molecule has 178 valence electrons. The molecule has 0 amide bonds. The zero-order valence-corrected chi connectivity index (χ0v) is 20.8. The molecule has 0 aliphatic heterocycles. The number of phenolic OH excluding ortho intramolecular Hbond substituents is 1. The number of aromatic hydroxyl groups is 1. The molecule has 0 aliphatic carbocycles. The summed E-state index contributed by atoms with van der Waals surface area (Å²) in [4.78, 5) is 9.26. The maximum atomic E-state index is 10.7. The second-order valence-corrected chi connectivity index (χ2v) is 9.90. The van der Waals surface area contributed by atoms with E-state index in [1.54, 1.807) is 17.4 Å². The molecule has 0 spiro atoms. The second-order valence-electron chi connectivity index (χ2n) is 8.87. The van der Waals surface area contributed by atoms with Gasteiger partial charge in [-0.25, -0.2) is 4.98 Å². The van der Waals surface area contributed by atoms with Crippen molar-refractivity contribution in [2.75, 3.05) is 0 Å². The average molecular weight is 497 g/mol. The van der Waals surface area contributed by atoms with Gasteiger partial charge in [0.15, 0.2) is 0 Å². The summed E-state index contributed by atoms with van der Waals surface area (Å²) in [5.41, 5.74) is 7.10. The highest BCUT2D eigenvalue weighted by Gasteiger charge is 2.16. The fourth-order valence-electron chi connectivity index (χ4n) is 4.56. The first kappa shape index (κ1) is 22.9. The Morgan fingerprint density at radius 2 is 1.30 bits per heavy atom. The summed E-state index contributed by atoms with van der Waals surface area (Å²) in [6.07, 6.45) is 1.83. The fraction of sp³-hybridized carbons (Fsp3) is 0.0303. The molecule has 0 radical (unpaired) electrons. The van der Waals surface area contributed by atoms with Crippen LogP contribution in [0.25, 0.3) is 20.8 Å². The predicted octanol–water partition coefficient (Wildman–Crippen LogP) is 8.60. The van der Waals surface area contributed by atoms with Crippen LogP contribution in [-0.2, 0) is 0 Å². The Balaban J connectivity index is 1.23. The molecule has 1 aromatic heterocycles. The van der Waals surface area contributed by atoms with Crippen molar-refractivity contribution in [3.63, 3.8) is 0 Å². The summed E-state index contributed by atoms with van der Waals surface area (Å²) in [6.45, 7) is 0. The van der Waals surface area contributed by atoms with Crippen molar-refractivity contribution in [3.8, 4) is 16.3 Å². The van der Waals surface area contributed by atoms with Crippen LogP contribution in [0.15, 0.2) is 132 Å². The molecule has 0 atom stereocenters. The largest absolute Gasteiger partial charge is 0.507 e. The molecule has 4 heteroatoms. The number of hydrogen-bond acceptors (Lipinski definition) is 4. The SMILES string of the molecule is Oc1cc(N=Cc2ccc(C(c3ccccc3)c3ccccc3)cc2)ccc1-c1nc2ccccc2s1. The minimum Gasteiger partial charge on any atom is -0.507 e. The Kier molecular flexibility index (Phi) is 6.32. The third-order valence-electron chi connectivity index (χ3n) is 6.40. The minimum absolute atomic E-state index is 0.167. The van der Waals surface area contributed by atoms with E-state index in [2.05, 4.69) is 94.9 Å². The number of hydrogen-bond donors (Lipinski definition) is 1. The van der Waals surface area contributed by atoms with E-state index in [-0.39, 0.29) is 11.7 Å². The van der Waals surface area contributed by atoms with Crippen molar-refractivity contribution in [1.82, 2.24) is 4.98 Å². The van der Waals surface area contributed by atoms with E-state index >= 15 is 0 Å². The van der Waals surface area contributed by atoms with Gasteiger partial charge in [0.25, 0.3) is 0 Å². The van der Waals surface area contributed by atoms with Crippen molar-refractivity contribution < 1.29 is 5.11 Å². The van der Waals surface area contributed by atoms with Crippen LogP contribution in [0, 0.1) is 0 Å². The molecule has 6 aromatic rings. The van der Waals surface area contributed by atoms with Gasteiger partial charge in [-0.15, -0.1) is 11.3 Å². The lowest BCUT2D eigenvalue weighted by Crippen LogP contribution is -2.03. The maximum Gasteiger partial charge on any atom is 0.128 e. The quantitative estimate of drug-likeness (QED) is 0.185. The summed E-state index contributed by atoms with van der Waals surface area (Å²) >= 11 is 1.57. The van der Waals surface area contributed by atoms with Gasteiger partial charge in [0.05, 0.1) is 21.5 Å². The zero-order valence-electron chi connectivity index (χ0n) is 20.0. The topological polar surface area (TPSA) is 45.5 Å². The van der Waals surface area contributed by atoms with Gasteiger partial charge in [0.1, 0.15) is 10.8 Å². The first-order chi connectivity index (χ1) is 18.2. The van der Waals surface area contributed by atoms with E-state index in [1.807, 2.05) is 42.6 Å². The summed E-state index contributed by atoms with van der Waals surface area (Å²) in [5, 5.41) is 11.5. The van der Waals surface area contributed by atoms with Crippen molar-refractivity contribution >= 4 is 33.5 Å². The van der Waals surface area contributed by atoms with Gasteiger partial charge in [-0.3, -0.25) is 4.99 Å². The van der Waals surface area contributed by atoms with Gasteiger partial charge >= 0.3 is 0 Å². The minimum atomic E-state index is 0.167. The van der Waals surface area contributed by atoms with Crippen LogP contribution < -0.4 is 0 Å². The van der Waals surface area contributed by atoms with Crippen LogP contribution in [0.5, 0.6) is 5.75 Å². The van der Waals surface area contributed by atoms with Crippen molar-refractivity contribution in [2.45, 2.75) is 5.92 Å². The van der Waals surface area contributed by atoms with Crippen LogP contribution in [0.1, 0.15) is 28.2 Å².